The van der Waals surface area contributed by atoms with Crippen molar-refractivity contribution < 1.29 is 37.0 Å². The summed E-state index contributed by atoms with van der Waals surface area (Å²) in [6, 6.07) is 51.7. The number of para-hydroxylation sites is 2. The maximum absolute atomic E-state index is 12.1. The van der Waals surface area contributed by atoms with Crippen LogP contribution < -0.4 is 15.3 Å². The Kier molecular flexibility index (Phi) is 15.9. The third kappa shape index (κ3) is 10.9. The summed E-state index contributed by atoms with van der Waals surface area (Å²) in [6.07, 6.45) is 1.11. The van der Waals surface area contributed by atoms with Gasteiger partial charge in [0.15, 0.2) is 0 Å². The van der Waals surface area contributed by atoms with Gasteiger partial charge >= 0.3 is 21.7 Å². The Labute approximate surface area is 435 Å². The molecule has 0 bridgehead atoms. The Morgan fingerprint density at radius 3 is 1.07 bits per heavy atom. The number of hydrogen-bond acceptors (Lipinski definition) is 3. The van der Waals surface area contributed by atoms with Crippen molar-refractivity contribution in [2.45, 2.75) is 120 Å². The molecule has 0 spiro atoms. The molecule has 0 atom stereocenters. The molecule has 0 aliphatic heterocycles. The normalized spacial score (nSPS) is 14.9. The molecule has 0 heterocycles. The van der Waals surface area contributed by atoms with Crippen LogP contribution in [-0.4, -0.2) is 0 Å². The summed E-state index contributed by atoms with van der Waals surface area (Å²) in [5.41, 5.74) is 21.6. The van der Waals surface area contributed by atoms with Crippen LogP contribution in [0.25, 0.3) is 44.5 Å². The molecule has 7 aromatic carbocycles. The fraction of sp³-hybridized carbons (Fsp3) is 0.288. The van der Waals surface area contributed by atoms with Gasteiger partial charge < -0.3 is 15.3 Å². The molecule has 2 radical (unpaired) electrons. The molecule has 7 aromatic rings. The first-order chi connectivity index (χ1) is 32.4. The minimum Gasteiger partial charge on any atom is -0.872 e. The van der Waals surface area contributed by atoms with Crippen LogP contribution in [0.5, 0.6) is 17.2 Å². The first-order valence-corrected chi connectivity index (χ1v) is 24.4. The van der Waals surface area contributed by atoms with Crippen LogP contribution in [0, 0.1) is 11.3 Å². The Hall–Kier alpha value is -5.87. The number of rotatable bonds is 4. The molecule has 70 heavy (non-hydrogen) atoms. The van der Waals surface area contributed by atoms with Crippen molar-refractivity contribution in [3.63, 3.8) is 0 Å². The van der Waals surface area contributed by atoms with Crippen LogP contribution in [0.4, 0.5) is 0 Å². The van der Waals surface area contributed by atoms with Crippen molar-refractivity contribution >= 4 is 0 Å². The standard InChI is InChI=1S/2C21H18O.C14H22O.C10H15.Ti/c2*1-21(2)18-9-5-3-8-16(18)17-12-11-14(13-19(17)21)15-7-4-6-10-20(15)22;1-13(2,3)10-14(4,5)11-6-8-12(15)9-7-11;1-6-7(2)9(4)10(5)8(6)3;/h2*3-13,22H,1-2H3;6-9,15H,10H2,1-5H3;1-5H3;/q;;;;+3/p-3. The molecule has 0 fully saturated rings. The fourth-order valence-corrected chi connectivity index (χ4v) is 10.9. The first kappa shape index (κ1) is 53.5. The third-order valence-corrected chi connectivity index (χ3v) is 15.0. The molecule has 0 aromatic heterocycles. The Morgan fingerprint density at radius 1 is 0.386 bits per heavy atom. The second-order valence-corrected chi connectivity index (χ2v) is 22.1. The molecule has 4 heteroatoms. The summed E-state index contributed by atoms with van der Waals surface area (Å²) < 4.78 is 0. The van der Waals surface area contributed by atoms with Crippen molar-refractivity contribution in [2.24, 2.45) is 5.41 Å². The van der Waals surface area contributed by atoms with E-state index in [1.807, 2.05) is 36.4 Å². The molecule has 3 nitrogen and oxygen atoms in total. The van der Waals surface area contributed by atoms with Crippen molar-refractivity contribution in [1.82, 2.24) is 0 Å². The van der Waals surface area contributed by atoms with E-state index in [1.165, 1.54) is 78.3 Å². The molecule has 10 rings (SSSR count). The van der Waals surface area contributed by atoms with Crippen LogP contribution in [0.2, 0.25) is 0 Å². The largest absolute Gasteiger partial charge is 3.00 e. The average molecular weight is 959 g/mol. The summed E-state index contributed by atoms with van der Waals surface area (Å²) in [5.74, 6) is 1.71. The van der Waals surface area contributed by atoms with Crippen LogP contribution >= 0.6 is 0 Å². The van der Waals surface area contributed by atoms with Gasteiger partial charge in [0.2, 0.25) is 0 Å². The van der Waals surface area contributed by atoms with Crippen molar-refractivity contribution in [1.29, 1.82) is 0 Å². The van der Waals surface area contributed by atoms with E-state index < -0.39 is 0 Å². The smallest absolute Gasteiger partial charge is 0.872 e. The van der Waals surface area contributed by atoms with Crippen LogP contribution in [0.3, 0.4) is 0 Å². The summed E-state index contributed by atoms with van der Waals surface area (Å²) in [5, 5.41) is 35.2. The molecular formula is C66H70O3Ti. The number of fused-ring (bicyclic) bond motifs is 6. The minimum absolute atomic E-state index is 0. The average Bonchev–Trinajstić information content (AvgIpc) is 3.76. The van der Waals surface area contributed by atoms with Gasteiger partial charge in [-0.25, -0.2) is 0 Å². The second-order valence-electron chi connectivity index (χ2n) is 22.1. The summed E-state index contributed by atoms with van der Waals surface area (Å²) in [7, 11) is 0. The summed E-state index contributed by atoms with van der Waals surface area (Å²) in [6.45, 7) is 31.2. The summed E-state index contributed by atoms with van der Waals surface area (Å²) in [4.78, 5) is 0. The van der Waals surface area contributed by atoms with E-state index in [-0.39, 0.29) is 55.2 Å². The third-order valence-electron chi connectivity index (χ3n) is 15.0. The Morgan fingerprint density at radius 2 is 0.729 bits per heavy atom. The number of allylic oxidation sites excluding steroid dienone is 4. The zero-order chi connectivity index (χ0) is 50.2. The van der Waals surface area contributed by atoms with Crippen LogP contribution in [0.15, 0.2) is 180 Å². The SMILES string of the molecule is CC(C)(C)CC(C)(C)c1ccc([O-])cc1.CC1(C)c2ccccc2-c2ccc(-c3ccccc3[O-])cc21.CC1(C)c2ccccc2-c2ccc(-c3ccccc3[O-])cc21.C[C]1C(C)=C(C)C(C)=C1C.[Ti+3]. The maximum Gasteiger partial charge on any atom is 3.00 e. The molecule has 0 unspecified atom stereocenters. The monoisotopic (exact) mass is 958 g/mol. The van der Waals surface area contributed by atoms with Crippen LogP contribution in [0.1, 0.15) is 131 Å². The predicted molar refractivity (Wildman–Crippen MR) is 286 cm³/mol. The van der Waals surface area contributed by atoms with E-state index >= 15 is 0 Å². The molecular weight excluding hydrogens is 889 g/mol. The predicted octanol–water partition coefficient (Wildman–Crippen LogP) is 16.2. The van der Waals surface area contributed by atoms with E-state index in [4.69, 9.17) is 0 Å². The van der Waals surface area contributed by atoms with Gasteiger partial charge in [0, 0.05) is 16.7 Å². The van der Waals surface area contributed by atoms with Gasteiger partial charge in [-0.05, 0) is 141 Å². The van der Waals surface area contributed by atoms with Gasteiger partial charge in [-0.3, -0.25) is 0 Å². The molecule has 0 saturated carbocycles. The molecule has 0 N–H and O–H groups in total. The molecule has 3 aliphatic carbocycles. The second kappa shape index (κ2) is 20.8. The number of hydrogen-bond donors (Lipinski definition) is 0. The van der Waals surface area contributed by atoms with E-state index in [0.717, 1.165) is 28.7 Å². The van der Waals surface area contributed by atoms with Gasteiger partial charge in [-0.2, -0.15) is 0 Å². The van der Waals surface area contributed by atoms with Crippen LogP contribution in [-0.2, 0) is 38.0 Å². The topological polar surface area (TPSA) is 69.2 Å². The first-order valence-electron chi connectivity index (χ1n) is 24.4. The molecule has 356 valence electrons. The molecule has 3 aliphatic rings. The van der Waals surface area contributed by atoms with Gasteiger partial charge in [0.1, 0.15) is 0 Å². The van der Waals surface area contributed by atoms with E-state index in [0.29, 0.717) is 5.41 Å². The maximum atomic E-state index is 12.1. The quantitative estimate of drug-likeness (QED) is 0.165. The Bertz CT molecular complexity index is 2890. The van der Waals surface area contributed by atoms with E-state index in [9.17, 15) is 15.3 Å². The molecule has 0 saturated heterocycles. The Balaban J connectivity index is 0.000000159. The summed E-state index contributed by atoms with van der Waals surface area (Å²) >= 11 is 0. The van der Waals surface area contributed by atoms with Gasteiger partial charge in [0.25, 0.3) is 0 Å². The van der Waals surface area contributed by atoms with Gasteiger partial charge in [-0.15, -0.1) is 17.2 Å². The van der Waals surface area contributed by atoms with Gasteiger partial charge in [-0.1, -0.05) is 226 Å². The van der Waals surface area contributed by atoms with Crippen molar-refractivity contribution in [3.8, 4) is 61.8 Å². The minimum atomic E-state index is -0.0280. The molecule has 0 amide bonds. The van der Waals surface area contributed by atoms with Crippen molar-refractivity contribution in [2.75, 3.05) is 0 Å². The fourth-order valence-electron chi connectivity index (χ4n) is 10.9. The van der Waals surface area contributed by atoms with Gasteiger partial charge in [0.05, 0.1) is 0 Å². The zero-order valence-corrected chi connectivity index (χ0v) is 45.5. The van der Waals surface area contributed by atoms with E-state index in [2.05, 4.69) is 182 Å². The van der Waals surface area contributed by atoms with E-state index in [1.54, 1.807) is 36.4 Å². The number of benzene rings is 7. The van der Waals surface area contributed by atoms with Crippen molar-refractivity contribution in [3.05, 3.63) is 214 Å². The zero-order valence-electron chi connectivity index (χ0n) is 43.9.